The maximum absolute atomic E-state index is 13.6. The molecule has 2 aromatic carbocycles. The van der Waals surface area contributed by atoms with E-state index >= 15 is 0 Å². The van der Waals surface area contributed by atoms with Crippen molar-refractivity contribution in [3.05, 3.63) is 71.3 Å². The first-order valence-electron chi connectivity index (χ1n) is 6.93. The summed E-state index contributed by atoms with van der Waals surface area (Å²) in [6.07, 6.45) is 1.55. The molecule has 0 bridgehead atoms. The summed E-state index contributed by atoms with van der Waals surface area (Å²) in [5.74, 6) is -2.43. The van der Waals surface area contributed by atoms with E-state index in [1.807, 2.05) is 37.3 Å². The maximum Gasteiger partial charge on any atom is 0.257 e. The molecule has 4 heteroatoms. The molecule has 2 rings (SSSR count). The van der Waals surface area contributed by atoms with Crippen molar-refractivity contribution < 1.29 is 13.6 Å². The van der Waals surface area contributed by atoms with E-state index in [1.54, 1.807) is 0 Å². The predicted octanol–water partition coefficient (Wildman–Crippen LogP) is 4.24. The van der Waals surface area contributed by atoms with E-state index in [-0.39, 0.29) is 6.04 Å². The van der Waals surface area contributed by atoms with Crippen LogP contribution < -0.4 is 5.32 Å². The summed E-state index contributed by atoms with van der Waals surface area (Å²) in [5.41, 5.74) is 0.388. The molecule has 1 N–H and O–H groups in total. The summed E-state index contributed by atoms with van der Waals surface area (Å²) in [6.45, 7) is 1.99. The van der Waals surface area contributed by atoms with Crippen molar-refractivity contribution >= 4 is 5.91 Å². The van der Waals surface area contributed by atoms with Crippen molar-refractivity contribution in [2.24, 2.45) is 0 Å². The van der Waals surface area contributed by atoms with Crippen LogP contribution in [0.1, 0.15) is 41.7 Å². The molecule has 0 aliphatic rings. The number of amides is 1. The summed E-state index contributed by atoms with van der Waals surface area (Å²) in [4.78, 5) is 12.2. The Morgan fingerprint density at radius 3 is 2.24 bits per heavy atom. The van der Waals surface area contributed by atoms with Crippen LogP contribution in [0.3, 0.4) is 0 Å². The first-order chi connectivity index (χ1) is 10.1. The van der Waals surface area contributed by atoms with Gasteiger partial charge >= 0.3 is 0 Å². The van der Waals surface area contributed by atoms with Crippen LogP contribution >= 0.6 is 0 Å². The molecule has 0 heterocycles. The number of rotatable bonds is 5. The fourth-order valence-electron chi connectivity index (χ4n) is 2.24. The molecule has 1 amide bonds. The fraction of sp³-hybridized carbons (Fsp3) is 0.235. The van der Waals surface area contributed by atoms with Crippen molar-refractivity contribution in [1.29, 1.82) is 0 Å². The standard InChI is InChI=1S/C17H17F2NO/c1-2-7-15(12-8-4-3-5-9-12)20-17(21)16-13(18)10-6-11-14(16)19/h3-6,8-11,15H,2,7H2,1H3,(H,20,21). The normalized spacial score (nSPS) is 12.0. The smallest absolute Gasteiger partial charge is 0.257 e. The Bertz CT molecular complexity index is 593. The van der Waals surface area contributed by atoms with Crippen molar-refractivity contribution in [3.63, 3.8) is 0 Å². The monoisotopic (exact) mass is 289 g/mol. The lowest BCUT2D eigenvalue weighted by Crippen LogP contribution is -2.30. The number of carbonyl (C=O) groups excluding carboxylic acids is 1. The molecule has 0 saturated carbocycles. The summed E-state index contributed by atoms with van der Waals surface area (Å²) in [7, 11) is 0. The zero-order valence-corrected chi connectivity index (χ0v) is 11.8. The minimum atomic E-state index is -0.851. The van der Waals surface area contributed by atoms with Gasteiger partial charge in [-0.2, -0.15) is 0 Å². The Morgan fingerprint density at radius 2 is 1.67 bits per heavy atom. The van der Waals surface area contributed by atoms with Crippen LogP contribution in [-0.4, -0.2) is 5.91 Å². The lowest BCUT2D eigenvalue weighted by Gasteiger charge is -2.19. The lowest BCUT2D eigenvalue weighted by molar-refractivity contribution is 0.0926. The molecule has 2 nitrogen and oxygen atoms in total. The van der Waals surface area contributed by atoms with Gasteiger partial charge in [-0.05, 0) is 24.1 Å². The van der Waals surface area contributed by atoms with Gasteiger partial charge in [-0.15, -0.1) is 0 Å². The molecule has 1 unspecified atom stereocenters. The Balaban J connectivity index is 2.23. The summed E-state index contributed by atoms with van der Waals surface area (Å²) >= 11 is 0. The number of hydrogen-bond acceptors (Lipinski definition) is 1. The highest BCUT2D eigenvalue weighted by Gasteiger charge is 2.20. The van der Waals surface area contributed by atoms with Crippen LogP contribution in [0.5, 0.6) is 0 Å². The first-order valence-corrected chi connectivity index (χ1v) is 6.93. The van der Waals surface area contributed by atoms with Crippen LogP contribution in [0.25, 0.3) is 0 Å². The number of benzene rings is 2. The van der Waals surface area contributed by atoms with E-state index in [0.717, 1.165) is 24.1 Å². The van der Waals surface area contributed by atoms with Crippen molar-refractivity contribution in [1.82, 2.24) is 5.32 Å². The van der Waals surface area contributed by atoms with E-state index in [4.69, 9.17) is 0 Å². The van der Waals surface area contributed by atoms with Gasteiger partial charge in [0, 0.05) is 0 Å². The van der Waals surface area contributed by atoms with Gasteiger partial charge in [-0.1, -0.05) is 49.7 Å². The Kier molecular flexibility index (Phi) is 5.04. The molecule has 0 saturated heterocycles. The third kappa shape index (κ3) is 3.66. The number of hydrogen-bond donors (Lipinski definition) is 1. The van der Waals surface area contributed by atoms with Crippen LogP contribution in [-0.2, 0) is 0 Å². The van der Waals surface area contributed by atoms with E-state index < -0.39 is 23.1 Å². The molecule has 0 aliphatic carbocycles. The van der Waals surface area contributed by atoms with Gasteiger partial charge in [-0.25, -0.2) is 8.78 Å². The number of nitrogens with one attached hydrogen (secondary N) is 1. The van der Waals surface area contributed by atoms with E-state index in [0.29, 0.717) is 6.42 Å². The van der Waals surface area contributed by atoms with Crippen molar-refractivity contribution in [3.8, 4) is 0 Å². The van der Waals surface area contributed by atoms with Gasteiger partial charge in [0.05, 0.1) is 6.04 Å². The Hall–Kier alpha value is -2.23. The highest BCUT2D eigenvalue weighted by Crippen LogP contribution is 2.20. The van der Waals surface area contributed by atoms with Gasteiger partial charge in [0.15, 0.2) is 0 Å². The minimum Gasteiger partial charge on any atom is -0.345 e. The SMILES string of the molecule is CCCC(NC(=O)c1c(F)cccc1F)c1ccccc1. The largest absolute Gasteiger partial charge is 0.345 e. The van der Waals surface area contributed by atoms with Gasteiger partial charge in [-0.3, -0.25) is 4.79 Å². The van der Waals surface area contributed by atoms with E-state index in [2.05, 4.69) is 5.32 Å². The minimum absolute atomic E-state index is 0.261. The van der Waals surface area contributed by atoms with Crippen molar-refractivity contribution in [2.75, 3.05) is 0 Å². The highest BCUT2D eigenvalue weighted by atomic mass is 19.1. The predicted molar refractivity (Wildman–Crippen MR) is 77.9 cm³/mol. The average molecular weight is 289 g/mol. The second kappa shape index (κ2) is 6.97. The third-order valence-corrected chi connectivity index (χ3v) is 3.27. The Labute approximate surface area is 122 Å². The van der Waals surface area contributed by atoms with E-state index in [1.165, 1.54) is 6.07 Å². The van der Waals surface area contributed by atoms with Gasteiger partial charge < -0.3 is 5.32 Å². The van der Waals surface area contributed by atoms with Gasteiger partial charge in [0.2, 0.25) is 0 Å². The zero-order valence-electron chi connectivity index (χ0n) is 11.8. The summed E-state index contributed by atoms with van der Waals surface area (Å²) in [5, 5.41) is 2.71. The molecule has 110 valence electrons. The quantitative estimate of drug-likeness (QED) is 0.876. The molecule has 0 spiro atoms. The fourth-order valence-corrected chi connectivity index (χ4v) is 2.24. The average Bonchev–Trinajstić information content (AvgIpc) is 2.47. The second-order valence-corrected chi connectivity index (χ2v) is 4.82. The topological polar surface area (TPSA) is 29.1 Å². The van der Waals surface area contributed by atoms with Crippen LogP contribution in [0.4, 0.5) is 8.78 Å². The molecular weight excluding hydrogens is 272 g/mol. The van der Waals surface area contributed by atoms with Crippen LogP contribution in [0, 0.1) is 11.6 Å². The highest BCUT2D eigenvalue weighted by molar-refractivity contribution is 5.95. The lowest BCUT2D eigenvalue weighted by atomic mass is 10.0. The second-order valence-electron chi connectivity index (χ2n) is 4.82. The van der Waals surface area contributed by atoms with Crippen LogP contribution in [0.15, 0.2) is 48.5 Å². The Morgan fingerprint density at radius 1 is 1.05 bits per heavy atom. The number of carbonyl (C=O) groups is 1. The van der Waals surface area contributed by atoms with Gasteiger partial charge in [0.1, 0.15) is 17.2 Å². The third-order valence-electron chi connectivity index (χ3n) is 3.27. The summed E-state index contributed by atoms with van der Waals surface area (Å²) < 4.78 is 27.3. The van der Waals surface area contributed by atoms with Crippen molar-refractivity contribution in [2.45, 2.75) is 25.8 Å². The zero-order chi connectivity index (χ0) is 15.2. The molecule has 1 atom stereocenters. The van der Waals surface area contributed by atoms with Crippen LogP contribution in [0.2, 0.25) is 0 Å². The molecule has 0 fully saturated rings. The first kappa shape index (κ1) is 15.2. The molecule has 0 aliphatic heterocycles. The molecule has 2 aromatic rings. The van der Waals surface area contributed by atoms with E-state index in [9.17, 15) is 13.6 Å². The molecule has 0 radical (unpaired) electrons. The maximum atomic E-state index is 13.6. The summed E-state index contributed by atoms with van der Waals surface area (Å²) in [6, 6.07) is 12.5. The molecule has 0 aromatic heterocycles. The van der Waals surface area contributed by atoms with Gasteiger partial charge in [0.25, 0.3) is 5.91 Å². The molecule has 21 heavy (non-hydrogen) atoms. The molecular formula is C17H17F2NO. The number of halogens is 2.